The molecule has 6 heteroatoms. The Morgan fingerprint density at radius 3 is 2.83 bits per heavy atom. The monoisotopic (exact) mass is 421 g/mol. The largest absolute Gasteiger partial charge is 0.493 e. The Bertz CT molecular complexity index is 1030. The van der Waals surface area contributed by atoms with Gasteiger partial charge in [0.15, 0.2) is 0 Å². The number of aryl methyl sites for hydroxylation is 1. The molecule has 0 aliphatic carbocycles. The van der Waals surface area contributed by atoms with Crippen molar-refractivity contribution in [3.63, 3.8) is 0 Å². The lowest BCUT2D eigenvalue weighted by Crippen LogP contribution is -2.41. The number of amidine groups is 1. The molecule has 0 radical (unpaired) electrons. The number of nitrogens with one attached hydrogen (secondary N) is 1. The van der Waals surface area contributed by atoms with Crippen LogP contribution in [-0.4, -0.2) is 36.3 Å². The first kappa shape index (κ1) is 20.4. The standard InChI is InChI=1S/C24H27N3O2S/c25-24(26)22-13-19-9-10-20(14-21(19)30-22)29-16-18-7-4-12-27(15-18)23(28)11-8-17-5-2-1-3-6-17/h1-3,5-6,9-10,13-14,18H,4,7-8,11-12,15-16H2,(H3,25,26). The van der Waals surface area contributed by atoms with Crippen LogP contribution in [0.25, 0.3) is 10.1 Å². The molecule has 2 aromatic carbocycles. The molecule has 0 bridgehead atoms. The van der Waals surface area contributed by atoms with Crippen LogP contribution >= 0.6 is 11.3 Å². The van der Waals surface area contributed by atoms with E-state index >= 15 is 0 Å². The molecule has 2 heterocycles. The van der Waals surface area contributed by atoms with Gasteiger partial charge in [-0.3, -0.25) is 10.2 Å². The molecule has 3 N–H and O–H groups in total. The number of benzene rings is 2. The van der Waals surface area contributed by atoms with Crippen molar-refractivity contribution in [2.24, 2.45) is 11.7 Å². The van der Waals surface area contributed by atoms with Crippen LogP contribution in [0.2, 0.25) is 0 Å². The fourth-order valence-corrected chi connectivity index (χ4v) is 4.88. The molecule has 4 rings (SSSR count). The second-order valence-electron chi connectivity index (χ2n) is 7.87. The first-order chi connectivity index (χ1) is 14.6. The normalized spacial score (nSPS) is 16.5. The van der Waals surface area contributed by atoms with Gasteiger partial charge in [-0.25, -0.2) is 0 Å². The van der Waals surface area contributed by atoms with Crippen molar-refractivity contribution in [3.8, 4) is 5.75 Å². The number of hydrogen-bond acceptors (Lipinski definition) is 4. The third-order valence-electron chi connectivity index (χ3n) is 5.58. The number of rotatable bonds is 7. The molecule has 1 aromatic heterocycles. The summed E-state index contributed by atoms with van der Waals surface area (Å²) in [5, 5.41) is 8.67. The number of likely N-dealkylation sites (tertiary alicyclic amines) is 1. The maximum Gasteiger partial charge on any atom is 0.222 e. The Morgan fingerprint density at radius 2 is 2.03 bits per heavy atom. The second-order valence-corrected chi connectivity index (χ2v) is 8.95. The number of ether oxygens (including phenoxy) is 1. The van der Waals surface area contributed by atoms with Crippen LogP contribution in [0.3, 0.4) is 0 Å². The fourth-order valence-electron chi connectivity index (χ4n) is 3.93. The van der Waals surface area contributed by atoms with E-state index in [0.29, 0.717) is 18.9 Å². The van der Waals surface area contributed by atoms with E-state index in [4.69, 9.17) is 15.9 Å². The molecule has 1 saturated heterocycles. The predicted octanol–water partition coefficient (Wildman–Crippen LogP) is 4.44. The maximum absolute atomic E-state index is 12.7. The van der Waals surface area contributed by atoms with Crippen LogP contribution in [-0.2, 0) is 11.2 Å². The first-order valence-electron chi connectivity index (χ1n) is 10.4. The summed E-state index contributed by atoms with van der Waals surface area (Å²) in [4.78, 5) is 15.4. The van der Waals surface area contributed by atoms with Crippen molar-refractivity contribution < 1.29 is 9.53 Å². The molecule has 3 aromatic rings. The van der Waals surface area contributed by atoms with E-state index in [1.54, 1.807) is 0 Å². The maximum atomic E-state index is 12.7. The van der Waals surface area contributed by atoms with Crippen LogP contribution in [0.15, 0.2) is 54.6 Å². The summed E-state index contributed by atoms with van der Waals surface area (Å²) >= 11 is 1.51. The fraction of sp³-hybridized carbons (Fsp3) is 0.333. The summed E-state index contributed by atoms with van der Waals surface area (Å²) in [6.45, 7) is 2.22. The van der Waals surface area contributed by atoms with Crippen LogP contribution in [0.5, 0.6) is 5.75 Å². The Kier molecular flexibility index (Phi) is 6.33. The Balaban J connectivity index is 1.30. The number of nitrogens with zero attached hydrogens (tertiary/aromatic N) is 1. The topological polar surface area (TPSA) is 79.4 Å². The van der Waals surface area contributed by atoms with Crippen LogP contribution in [0.1, 0.15) is 29.7 Å². The van der Waals surface area contributed by atoms with Gasteiger partial charge in [-0.15, -0.1) is 11.3 Å². The second kappa shape index (κ2) is 9.30. The molecule has 1 atom stereocenters. The van der Waals surface area contributed by atoms with Gasteiger partial charge in [0, 0.05) is 30.1 Å². The third kappa shape index (κ3) is 5.00. The van der Waals surface area contributed by atoms with E-state index in [9.17, 15) is 4.79 Å². The van der Waals surface area contributed by atoms with Gasteiger partial charge in [0.25, 0.3) is 0 Å². The van der Waals surface area contributed by atoms with Crippen molar-refractivity contribution in [3.05, 3.63) is 65.0 Å². The molecular weight excluding hydrogens is 394 g/mol. The number of nitrogens with two attached hydrogens (primary N) is 1. The van der Waals surface area contributed by atoms with E-state index in [2.05, 4.69) is 12.1 Å². The molecule has 156 valence electrons. The average Bonchev–Trinajstić information content (AvgIpc) is 3.21. The quantitative estimate of drug-likeness (QED) is 0.437. The lowest BCUT2D eigenvalue weighted by Gasteiger charge is -2.32. The highest BCUT2D eigenvalue weighted by molar-refractivity contribution is 7.20. The van der Waals surface area contributed by atoms with Crippen molar-refractivity contribution >= 4 is 33.2 Å². The zero-order chi connectivity index (χ0) is 20.9. The van der Waals surface area contributed by atoms with E-state index in [1.807, 2.05) is 47.4 Å². The highest BCUT2D eigenvalue weighted by Gasteiger charge is 2.24. The number of carbonyl (C=O) groups is 1. The minimum Gasteiger partial charge on any atom is -0.493 e. The summed E-state index contributed by atoms with van der Waals surface area (Å²) in [6, 6.07) is 18.1. The Hall–Kier alpha value is -2.86. The van der Waals surface area contributed by atoms with E-state index in [0.717, 1.165) is 53.1 Å². The number of fused-ring (bicyclic) bond motifs is 1. The van der Waals surface area contributed by atoms with Crippen molar-refractivity contribution in [1.29, 1.82) is 5.41 Å². The summed E-state index contributed by atoms with van der Waals surface area (Å²) in [5.41, 5.74) is 6.80. The lowest BCUT2D eigenvalue weighted by atomic mass is 9.98. The molecule has 30 heavy (non-hydrogen) atoms. The van der Waals surface area contributed by atoms with Gasteiger partial charge in [0.05, 0.1) is 11.5 Å². The number of piperidine rings is 1. The van der Waals surface area contributed by atoms with Gasteiger partial charge in [0.1, 0.15) is 11.6 Å². The summed E-state index contributed by atoms with van der Waals surface area (Å²) in [5.74, 6) is 1.51. The van der Waals surface area contributed by atoms with Gasteiger partial charge in [-0.2, -0.15) is 0 Å². The van der Waals surface area contributed by atoms with Gasteiger partial charge in [-0.05, 0) is 54.5 Å². The number of carbonyl (C=O) groups excluding carboxylic acids is 1. The summed E-state index contributed by atoms with van der Waals surface area (Å²) < 4.78 is 7.13. The van der Waals surface area contributed by atoms with E-state index < -0.39 is 0 Å². The molecule has 1 amide bonds. The minimum atomic E-state index is 0.0953. The van der Waals surface area contributed by atoms with E-state index in [1.165, 1.54) is 16.9 Å². The predicted molar refractivity (Wildman–Crippen MR) is 122 cm³/mol. The zero-order valence-electron chi connectivity index (χ0n) is 17.0. The first-order valence-corrected chi connectivity index (χ1v) is 11.2. The van der Waals surface area contributed by atoms with Gasteiger partial charge in [0.2, 0.25) is 5.91 Å². The van der Waals surface area contributed by atoms with Crippen LogP contribution in [0.4, 0.5) is 0 Å². The molecule has 1 fully saturated rings. The Morgan fingerprint density at radius 1 is 1.20 bits per heavy atom. The van der Waals surface area contributed by atoms with Crippen molar-refractivity contribution in [1.82, 2.24) is 4.90 Å². The molecule has 0 saturated carbocycles. The van der Waals surface area contributed by atoms with Crippen LogP contribution in [0, 0.1) is 11.3 Å². The van der Waals surface area contributed by atoms with Gasteiger partial charge >= 0.3 is 0 Å². The molecule has 1 aliphatic heterocycles. The number of amides is 1. The van der Waals surface area contributed by atoms with Crippen molar-refractivity contribution in [2.75, 3.05) is 19.7 Å². The number of hydrogen-bond donors (Lipinski definition) is 2. The molecule has 0 spiro atoms. The average molecular weight is 422 g/mol. The van der Waals surface area contributed by atoms with E-state index in [-0.39, 0.29) is 11.7 Å². The summed E-state index contributed by atoms with van der Waals surface area (Å²) in [7, 11) is 0. The molecule has 1 aliphatic rings. The lowest BCUT2D eigenvalue weighted by molar-refractivity contribution is -0.133. The highest BCUT2D eigenvalue weighted by Crippen LogP contribution is 2.29. The smallest absolute Gasteiger partial charge is 0.222 e. The Labute approximate surface area is 181 Å². The highest BCUT2D eigenvalue weighted by atomic mass is 32.1. The summed E-state index contributed by atoms with van der Waals surface area (Å²) in [6.07, 6.45) is 3.46. The van der Waals surface area contributed by atoms with Crippen LogP contribution < -0.4 is 10.5 Å². The third-order valence-corrected chi connectivity index (χ3v) is 6.72. The SMILES string of the molecule is N=C(N)c1cc2ccc(OCC3CCCN(C(=O)CCc4ccccc4)C3)cc2s1. The minimum absolute atomic E-state index is 0.0953. The molecular formula is C24H27N3O2S. The number of thiophene rings is 1. The molecule has 5 nitrogen and oxygen atoms in total. The van der Waals surface area contributed by atoms with Gasteiger partial charge in [-0.1, -0.05) is 30.3 Å². The zero-order valence-corrected chi connectivity index (χ0v) is 17.8. The number of nitrogen functional groups attached to an aromatic ring is 1. The molecule has 1 unspecified atom stereocenters. The van der Waals surface area contributed by atoms with Gasteiger partial charge < -0.3 is 15.4 Å². The van der Waals surface area contributed by atoms with Crippen molar-refractivity contribution in [2.45, 2.75) is 25.7 Å².